The van der Waals surface area contributed by atoms with Crippen molar-refractivity contribution < 1.29 is 4.92 Å². The SMILES string of the molecule is CCSc1ncnc(NC)c1[N+](=O)[O-]. The molecule has 0 spiro atoms. The minimum atomic E-state index is -0.468. The van der Waals surface area contributed by atoms with Gasteiger partial charge in [-0.15, -0.1) is 0 Å². The van der Waals surface area contributed by atoms with Crippen molar-refractivity contribution in [3.8, 4) is 0 Å². The fourth-order valence-corrected chi connectivity index (χ4v) is 1.66. The van der Waals surface area contributed by atoms with E-state index >= 15 is 0 Å². The van der Waals surface area contributed by atoms with Gasteiger partial charge in [0, 0.05) is 7.05 Å². The highest BCUT2D eigenvalue weighted by Gasteiger charge is 2.21. The molecule has 0 aliphatic carbocycles. The predicted molar refractivity (Wildman–Crippen MR) is 54.6 cm³/mol. The lowest BCUT2D eigenvalue weighted by atomic mass is 10.5. The lowest BCUT2D eigenvalue weighted by molar-refractivity contribution is -0.387. The van der Waals surface area contributed by atoms with Gasteiger partial charge in [0.15, 0.2) is 5.03 Å². The number of anilines is 1. The van der Waals surface area contributed by atoms with Crippen LogP contribution in [0.3, 0.4) is 0 Å². The Morgan fingerprint density at radius 3 is 2.86 bits per heavy atom. The summed E-state index contributed by atoms with van der Waals surface area (Å²) in [6.07, 6.45) is 1.32. The molecule has 1 heterocycles. The van der Waals surface area contributed by atoms with E-state index < -0.39 is 4.92 Å². The Balaban J connectivity index is 3.20. The molecule has 14 heavy (non-hydrogen) atoms. The third-order valence-electron chi connectivity index (χ3n) is 1.49. The molecule has 0 saturated heterocycles. The number of nitrogens with one attached hydrogen (secondary N) is 1. The molecule has 7 heteroatoms. The minimum Gasteiger partial charge on any atom is -0.367 e. The summed E-state index contributed by atoms with van der Waals surface area (Å²) in [7, 11) is 1.59. The summed E-state index contributed by atoms with van der Waals surface area (Å²) in [6, 6.07) is 0. The molecule has 1 aromatic rings. The van der Waals surface area contributed by atoms with Crippen molar-refractivity contribution in [1.82, 2.24) is 9.97 Å². The molecule has 76 valence electrons. The summed E-state index contributed by atoms with van der Waals surface area (Å²) >= 11 is 1.33. The summed E-state index contributed by atoms with van der Waals surface area (Å²) in [4.78, 5) is 17.9. The lowest BCUT2D eigenvalue weighted by Gasteiger charge is -2.03. The van der Waals surface area contributed by atoms with Crippen LogP contribution in [-0.4, -0.2) is 27.7 Å². The van der Waals surface area contributed by atoms with E-state index in [2.05, 4.69) is 15.3 Å². The average molecular weight is 214 g/mol. The van der Waals surface area contributed by atoms with Crippen LogP contribution in [0.2, 0.25) is 0 Å². The highest BCUT2D eigenvalue weighted by molar-refractivity contribution is 7.99. The zero-order chi connectivity index (χ0) is 10.6. The first kappa shape index (κ1) is 10.7. The standard InChI is InChI=1S/C7H10N4O2S/c1-3-14-7-5(11(12)13)6(8-2)9-4-10-7/h4H,3H2,1-2H3,(H,8,9,10). The van der Waals surface area contributed by atoms with Crippen molar-refractivity contribution in [2.45, 2.75) is 11.9 Å². The Labute approximate surface area is 85.3 Å². The first-order valence-electron chi connectivity index (χ1n) is 4.00. The highest BCUT2D eigenvalue weighted by Crippen LogP contribution is 2.31. The molecular formula is C7H10N4O2S. The van der Waals surface area contributed by atoms with Crippen molar-refractivity contribution in [1.29, 1.82) is 0 Å². The Kier molecular flexibility index (Phi) is 3.63. The van der Waals surface area contributed by atoms with Crippen LogP contribution in [0.4, 0.5) is 11.5 Å². The number of nitro groups is 1. The van der Waals surface area contributed by atoms with Crippen LogP contribution in [0.1, 0.15) is 6.92 Å². The monoisotopic (exact) mass is 214 g/mol. The van der Waals surface area contributed by atoms with Gasteiger partial charge in [-0.1, -0.05) is 18.7 Å². The fourth-order valence-electron chi connectivity index (χ4n) is 0.952. The number of hydrogen-bond donors (Lipinski definition) is 1. The van der Waals surface area contributed by atoms with Crippen LogP contribution >= 0.6 is 11.8 Å². The van der Waals surface area contributed by atoms with Gasteiger partial charge in [0.05, 0.1) is 4.92 Å². The molecular weight excluding hydrogens is 204 g/mol. The van der Waals surface area contributed by atoms with E-state index in [1.807, 2.05) is 6.92 Å². The number of aromatic nitrogens is 2. The molecule has 0 aromatic carbocycles. The van der Waals surface area contributed by atoms with Gasteiger partial charge in [-0.2, -0.15) is 0 Å². The third-order valence-corrected chi connectivity index (χ3v) is 2.35. The molecule has 0 aliphatic rings. The van der Waals surface area contributed by atoms with Gasteiger partial charge >= 0.3 is 5.69 Å². The third kappa shape index (κ3) is 2.11. The summed E-state index contributed by atoms with van der Waals surface area (Å²) < 4.78 is 0. The minimum absolute atomic E-state index is 0.0538. The molecule has 0 aliphatic heterocycles. The van der Waals surface area contributed by atoms with Crippen LogP contribution in [0.5, 0.6) is 0 Å². The molecule has 1 N–H and O–H groups in total. The Hall–Kier alpha value is -1.37. The van der Waals surface area contributed by atoms with Gasteiger partial charge in [-0.3, -0.25) is 10.1 Å². The van der Waals surface area contributed by atoms with Gasteiger partial charge in [0.2, 0.25) is 5.82 Å². The molecule has 0 bridgehead atoms. The van der Waals surface area contributed by atoms with Crippen molar-refractivity contribution in [2.75, 3.05) is 18.1 Å². The topological polar surface area (TPSA) is 81.0 Å². The fraction of sp³-hybridized carbons (Fsp3) is 0.429. The molecule has 0 fully saturated rings. The Morgan fingerprint density at radius 1 is 1.64 bits per heavy atom. The molecule has 1 rings (SSSR count). The Morgan fingerprint density at radius 2 is 2.36 bits per heavy atom. The van der Waals surface area contributed by atoms with Gasteiger partial charge < -0.3 is 5.32 Å². The molecule has 0 amide bonds. The second kappa shape index (κ2) is 4.75. The van der Waals surface area contributed by atoms with E-state index in [1.165, 1.54) is 18.1 Å². The Bertz CT molecular complexity index is 344. The van der Waals surface area contributed by atoms with Gasteiger partial charge in [-0.25, -0.2) is 9.97 Å². The van der Waals surface area contributed by atoms with Crippen molar-refractivity contribution in [2.24, 2.45) is 0 Å². The van der Waals surface area contributed by atoms with Crippen LogP contribution < -0.4 is 5.32 Å². The zero-order valence-electron chi connectivity index (χ0n) is 7.85. The molecule has 0 unspecified atom stereocenters. The zero-order valence-corrected chi connectivity index (χ0v) is 8.67. The van der Waals surface area contributed by atoms with Crippen molar-refractivity contribution in [3.05, 3.63) is 16.4 Å². The maximum Gasteiger partial charge on any atom is 0.343 e. The average Bonchev–Trinajstić information content (AvgIpc) is 2.17. The van der Waals surface area contributed by atoms with E-state index in [4.69, 9.17) is 0 Å². The predicted octanol–water partition coefficient (Wildman–Crippen LogP) is 1.54. The lowest BCUT2D eigenvalue weighted by Crippen LogP contribution is -2.02. The molecule has 6 nitrogen and oxygen atoms in total. The maximum atomic E-state index is 10.7. The van der Waals surface area contributed by atoms with E-state index in [-0.39, 0.29) is 11.5 Å². The molecule has 0 saturated carbocycles. The first-order chi connectivity index (χ1) is 6.70. The number of rotatable bonds is 4. The number of hydrogen-bond acceptors (Lipinski definition) is 6. The van der Waals surface area contributed by atoms with Gasteiger partial charge in [0.25, 0.3) is 0 Å². The van der Waals surface area contributed by atoms with Gasteiger partial charge in [0.1, 0.15) is 6.33 Å². The van der Waals surface area contributed by atoms with Crippen LogP contribution in [0.25, 0.3) is 0 Å². The normalized spacial score (nSPS) is 9.86. The van der Waals surface area contributed by atoms with Crippen LogP contribution in [0.15, 0.2) is 11.4 Å². The number of thioether (sulfide) groups is 1. The molecule has 0 atom stereocenters. The highest BCUT2D eigenvalue weighted by atomic mass is 32.2. The maximum absolute atomic E-state index is 10.7. The van der Waals surface area contributed by atoms with E-state index in [1.54, 1.807) is 7.05 Å². The quantitative estimate of drug-likeness (QED) is 0.354. The van der Waals surface area contributed by atoms with Crippen LogP contribution in [0, 0.1) is 10.1 Å². The van der Waals surface area contributed by atoms with Gasteiger partial charge in [-0.05, 0) is 5.75 Å². The smallest absolute Gasteiger partial charge is 0.343 e. The summed E-state index contributed by atoms with van der Waals surface area (Å²) in [6.45, 7) is 1.91. The summed E-state index contributed by atoms with van der Waals surface area (Å²) in [5, 5.41) is 13.8. The van der Waals surface area contributed by atoms with Crippen molar-refractivity contribution in [3.63, 3.8) is 0 Å². The second-order valence-electron chi connectivity index (χ2n) is 2.32. The molecule has 1 aromatic heterocycles. The number of nitrogens with zero attached hydrogens (tertiary/aromatic N) is 3. The summed E-state index contributed by atoms with van der Waals surface area (Å²) in [5.41, 5.74) is -0.0538. The summed E-state index contributed by atoms with van der Waals surface area (Å²) in [5.74, 6) is 0.988. The van der Waals surface area contributed by atoms with E-state index in [0.29, 0.717) is 5.03 Å². The second-order valence-corrected chi connectivity index (χ2v) is 3.57. The van der Waals surface area contributed by atoms with E-state index in [9.17, 15) is 10.1 Å². The van der Waals surface area contributed by atoms with Crippen molar-refractivity contribution >= 4 is 23.3 Å². The van der Waals surface area contributed by atoms with E-state index in [0.717, 1.165) is 5.75 Å². The molecule has 0 radical (unpaired) electrons. The largest absolute Gasteiger partial charge is 0.367 e. The van der Waals surface area contributed by atoms with Crippen LogP contribution in [-0.2, 0) is 0 Å². The first-order valence-corrected chi connectivity index (χ1v) is 4.99.